The van der Waals surface area contributed by atoms with E-state index >= 15 is 0 Å². The highest BCUT2D eigenvalue weighted by Gasteiger charge is 2.10. The second kappa shape index (κ2) is 11.2. The van der Waals surface area contributed by atoms with Crippen molar-refractivity contribution in [3.05, 3.63) is 93.7 Å². The summed E-state index contributed by atoms with van der Waals surface area (Å²) in [6.07, 6.45) is 0.627. The Morgan fingerprint density at radius 1 is 0.912 bits per heavy atom. The summed E-state index contributed by atoms with van der Waals surface area (Å²) in [5.41, 5.74) is 4.42. The van der Waals surface area contributed by atoms with E-state index in [0.717, 1.165) is 22.2 Å². The second-order valence-electron chi connectivity index (χ2n) is 8.02. The van der Waals surface area contributed by atoms with E-state index in [2.05, 4.69) is 5.32 Å². The van der Waals surface area contributed by atoms with Crippen LogP contribution in [0.1, 0.15) is 16.7 Å². The Bertz CT molecular complexity index is 1330. The van der Waals surface area contributed by atoms with Crippen molar-refractivity contribution in [3.63, 3.8) is 0 Å². The van der Waals surface area contributed by atoms with Crippen LogP contribution in [-0.2, 0) is 33.7 Å². The molecule has 1 N–H and O–H groups in total. The standard InChI is InChI=1S/C26H28FN3O3.ClH/c1-29-22-10-8-19(14-23(22)30(2)26(29)31)17-33-24-11-9-18(15-25(24)32-3)16-28-13-12-20-6-4-5-7-21(20)27;/h4-11,14-15,28H,12-13,16-17H2,1-3H3;1H. The summed E-state index contributed by atoms with van der Waals surface area (Å²) in [7, 11) is 5.15. The van der Waals surface area contributed by atoms with E-state index in [0.29, 0.717) is 43.2 Å². The molecule has 0 atom stereocenters. The Hall–Kier alpha value is -3.29. The molecular weight excluding hydrogens is 457 g/mol. The maximum absolute atomic E-state index is 13.7. The Balaban J connectivity index is 0.00000324. The zero-order chi connectivity index (χ0) is 23.4. The minimum Gasteiger partial charge on any atom is -0.493 e. The molecule has 0 spiro atoms. The molecule has 0 aliphatic rings. The number of aromatic nitrogens is 2. The van der Waals surface area contributed by atoms with Crippen LogP contribution in [0.5, 0.6) is 11.5 Å². The maximum atomic E-state index is 13.7. The SMILES string of the molecule is COc1cc(CNCCc2ccccc2F)ccc1OCc1ccc2c(c1)n(C)c(=O)n2C.Cl. The first kappa shape index (κ1) is 25.3. The number of imidazole rings is 1. The molecule has 6 nitrogen and oxygen atoms in total. The number of aryl methyl sites for hydroxylation is 2. The van der Waals surface area contributed by atoms with Gasteiger partial charge in [-0.25, -0.2) is 9.18 Å². The highest BCUT2D eigenvalue weighted by Crippen LogP contribution is 2.29. The lowest BCUT2D eigenvalue weighted by Crippen LogP contribution is -2.19. The Morgan fingerprint density at radius 2 is 1.65 bits per heavy atom. The van der Waals surface area contributed by atoms with Crippen LogP contribution in [0.25, 0.3) is 11.0 Å². The van der Waals surface area contributed by atoms with Crippen molar-refractivity contribution in [1.29, 1.82) is 0 Å². The molecule has 1 heterocycles. The molecule has 180 valence electrons. The normalized spacial score (nSPS) is 10.8. The molecule has 0 saturated carbocycles. The van der Waals surface area contributed by atoms with Crippen molar-refractivity contribution < 1.29 is 13.9 Å². The molecule has 0 bridgehead atoms. The minimum atomic E-state index is -0.170. The number of methoxy groups -OCH3 is 1. The van der Waals surface area contributed by atoms with Crippen LogP contribution in [0.4, 0.5) is 4.39 Å². The molecule has 4 rings (SSSR count). The fourth-order valence-corrected chi connectivity index (χ4v) is 3.90. The van der Waals surface area contributed by atoms with E-state index in [4.69, 9.17) is 9.47 Å². The van der Waals surface area contributed by atoms with Gasteiger partial charge in [-0.2, -0.15) is 0 Å². The predicted molar refractivity (Wildman–Crippen MR) is 135 cm³/mol. The van der Waals surface area contributed by atoms with E-state index in [1.54, 1.807) is 42.5 Å². The lowest BCUT2D eigenvalue weighted by atomic mass is 10.1. The van der Waals surface area contributed by atoms with Gasteiger partial charge in [0.15, 0.2) is 11.5 Å². The Kier molecular flexibility index (Phi) is 8.36. The molecule has 34 heavy (non-hydrogen) atoms. The van der Waals surface area contributed by atoms with Gasteiger partial charge in [0.1, 0.15) is 12.4 Å². The molecule has 8 heteroatoms. The number of halogens is 2. The third-order valence-electron chi connectivity index (χ3n) is 5.82. The number of nitrogens with one attached hydrogen (secondary N) is 1. The fourth-order valence-electron chi connectivity index (χ4n) is 3.90. The van der Waals surface area contributed by atoms with Crippen molar-refractivity contribution in [2.45, 2.75) is 19.6 Å². The average Bonchev–Trinajstić information content (AvgIpc) is 3.05. The van der Waals surface area contributed by atoms with Gasteiger partial charge in [0.05, 0.1) is 18.1 Å². The van der Waals surface area contributed by atoms with E-state index in [1.165, 1.54) is 6.07 Å². The summed E-state index contributed by atoms with van der Waals surface area (Å²) in [6, 6.07) is 18.5. The van der Waals surface area contributed by atoms with Crippen molar-refractivity contribution in [3.8, 4) is 11.5 Å². The number of hydrogen-bond acceptors (Lipinski definition) is 4. The molecule has 0 radical (unpaired) electrons. The minimum absolute atomic E-state index is 0. The molecule has 0 aliphatic carbocycles. The van der Waals surface area contributed by atoms with Crippen LogP contribution in [0.2, 0.25) is 0 Å². The van der Waals surface area contributed by atoms with E-state index in [1.807, 2.05) is 42.5 Å². The lowest BCUT2D eigenvalue weighted by molar-refractivity contribution is 0.284. The highest BCUT2D eigenvalue weighted by molar-refractivity contribution is 5.85. The van der Waals surface area contributed by atoms with Crippen molar-refractivity contribution in [2.24, 2.45) is 14.1 Å². The van der Waals surface area contributed by atoms with Crippen LogP contribution in [0.15, 0.2) is 65.5 Å². The molecule has 0 aliphatic heterocycles. The lowest BCUT2D eigenvalue weighted by Gasteiger charge is -2.13. The third-order valence-corrected chi connectivity index (χ3v) is 5.82. The van der Waals surface area contributed by atoms with Gasteiger partial charge in [-0.05, 0) is 60.0 Å². The number of nitrogens with zero attached hydrogens (tertiary/aromatic N) is 2. The highest BCUT2D eigenvalue weighted by atomic mass is 35.5. The van der Waals surface area contributed by atoms with Crippen LogP contribution >= 0.6 is 12.4 Å². The van der Waals surface area contributed by atoms with E-state index in [-0.39, 0.29) is 23.9 Å². The first-order valence-electron chi connectivity index (χ1n) is 10.9. The zero-order valence-electron chi connectivity index (χ0n) is 19.5. The summed E-state index contributed by atoms with van der Waals surface area (Å²) in [5.74, 6) is 1.13. The van der Waals surface area contributed by atoms with Gasteiger partial charge >= 0.3 is 5.69 Å². The summed E-state index contributed by atoms with van der Waals surface area (Å²) < 4.78 is 28.5. The number of ether oxygens (including phenoxy) is 2. The van der Waals surface area contributed by atoms with Crippen LogP contribution in [0.3, 0.4) is 0 Å². The largest absolute Gasteiger partial charge is 0.493 e. The average molecular weight is 486 g/mol. The summed E-state index contributed by atoms with van der Waals surface area (Å²) in [5, 5.41) is 3.34. The van der Waals surface area contributed by atoms with Gasteiger partial charge < -0.3 is 14.8 Å². The fraction of sp³-hybridized carbons (Fsp3) is 0.269. The Morgan fingerprint density at radius 3 is 2.41 bits per heavy atom. The molecule has 0 amide bonds. The van der Waals surface area contributed by atoms with Gasteiger partial charge in [-0.3, -0.25) is 9.13 Å². The Labute approximate surface area is 204 Å². The zero-order valence-corrected chi connectivity index (χ0v) is 20.3. The number of rotatable bonds is 9. The monoisotopic (exact) mass is 485 g/mol. The van der Waals surface area contributed by atoms with Crippen molar-refractivity contribution in [1.82, 2.24) is 14.5 Å². The first-order chi connectivity index (χ1) is 16.0. The van der Waals surface area contributed by atoms with Gasteiger partial charge in [-0.1, -0.05) is 30.3 Å². The number of benzene rings is 3. The molecule has 4 aromatic rings. The van der Waals surface area contributed by atoms with E-state index in [9.17, 15) is 9.18 Å². The maximum Gasteiger partial charge on any atom is 0.328 e. The van der Waals surface area contributed by atoms with Crippen LogP contribution in [0, 0.1) is 5.82 Å². The summed E-state index contributed by atoms with van der Waals surface area (Å²) >= 11 is 0. The molecule has 1 aromatic heterocycles. The van der Waals surface area contributed by atoms with Crippen molar-refractivity contribution in [2.75, 3.05) is 13.7 Å². The van der Waals surface area contributed by atoms with Gasteiger partial charge in [0.2, 0.25) is 0 Å². The molecule has 0 saturated heterocycles. The number of hydrogen-bond donors (Lipinski definition) is 1. The smallest absolute Gasteiger partial charge is 0.328 e. The molecule has 0 unspecified atom stereocenters. The first-order valence-corrected chi connectivity index (χ1v) is 10.9. The van der Waals surface area contributed by atoms with Crippen molar-refractivity contribution >= 4 is 23.4 Å². The van der Waals surface area contributed by atoms with E-state index < -0.39 is 0 Å². The molecule has 3 aromatic carbocycles. The van der Waals surface area contributed by atoms with Gasteiger partial charge in [0.25, 0.3) is 0 Å². The van der Waals surface area contributed by atoms with Gasteiger partial charge in [-0.15, -0.1) is 12.4 Å². The third kappa shape index (κ3) is 5.43. The molecular formula is C26H29ClFN3O3. The molecule has 0 fully saturated rings. The van der Waals surface area contributed by atoms with Gasteiger partial charge in [0, 0.05) is 20.6 Å². The topological polar surface area (TPSA) is 57.4 Å². The number of fused-ring (bicyclic) bond motifs is 1. The van der Waals surface area contributed by atoms with Crippen LogP contribution in [-0.4, -0.2) is 22.8 Å². The predicted octanol–water partition coefficient (Wildman–Crippen LogP) is 4.36. The summed E-state index contributed by atoms with van der Waals surface area (Å²) in [4.78, 5) is 12.1. The van der Waals surface area contributed by atoms with Crippen LogP contribution < -0.4 is 20.5 Å². The quantitative estimate of drug-likeness (QED) is 0.358. The second-order valence-corrected chi connectivity index (χ2v) is 8.02. The summed E-state index contributed by atoms with van der Waals surface area (Å²) in [6.45, 7) is 1.67.